The molecule has 1 aliphatic carbocycles. The molecular formula is C63H64ClN2+. The van der Waals surface area contributed by atoms with E-state index in [1.54, 1.807) is 0 Å². The van der Waals surface area contributed by atoms with Crippen molar-refractivity contribution < 1.29 is 4.58 Å². The maximum absolute atomic E-state index is 7.16. The van der Waals surface area contributed by atoms with Crippen LogP contribution < -0.4 is 4.90 Å². The molecule has 0 aromatic heterocycles. The molecule has 66 heavy (non-hydrogen) atoms. The number of rotatable bonds is 9. The maximum atomic E-state index is 7.16. The molecule has 0 fully saturated rings. The molecule has 7 aromatic rings. The average molecular weight is 885 g/mol. The minimum absolute atomic E-state index is 0.0697. The first-order chi connectivity index (χ1) is 32.0. The molecule has 3 heteroatoms. The first-order valence-corrected chi connectivity index (χ1v) is 24.4. The Hall–Kier alpha value is -6.22. The van der Waals surface area contributed by atoms with E-state index >= 15 is 0 Å². The van der Waals surface area contributed by atoms with Crippen LogP contribution in [0, 0.1) is 0 Å². The largest absolute Gasteiger partial charge is 0.347 e. The fourth-order valence-corrected chi connectivity index (χ4v) is 11.8. The molecule has 0 atom stereocenters. The van der Waals surface area contributed by atoms with Crippen molar-refractivity contribution >= 4 is 50.2 Å². The third-order valence-electron chi connectivity index (χ3n) is 14.8. The van der Waals surface area contributed by atoms with Gasteiger partial charge in [0.1, 0.15) is 7.05 Å². The molecule has 0 saturated carbocycles. The highest BCUT2D eigenvalue weighted by atomic mass is 35.5. The summed E-state index contributed by atoms with van der Waals surface area (Å²) in [6.45, 7) is 11.6. The Morgan fingerprint density at radius 1 is 0.606 bits per heavy atom. The van der Waals surface area contributed by atoms with Crippen LogP contribution in [0.1, 0.15) is 101 Å². The second-order valence-electron chi connectivity index (χ2n) is 19.5. The first kappa shape index (κ1) is 45.0. The summed E-state index contributed by atoms with van der Waals surface area (Å²) in [6.07, 6.45) is 15.8. The molecule has 0 bridgehead atoms. The fourth-order valence-electron chi connectivity index (χ4n) is 11.5. The number of hydrogen-bond acceptors (Lipinski definition) is 1. The third-order valence-corrected chi connectivity index (χ3v) is 15.3. The van der Waals surface area contributed by atoms with Gasteiger partial charge in [-0.05, 0) is 113 Å². The zero-order valence-corrected chi connectivity index (χ0v) is 40.7. The van der Waals surface area contributed by atoms with Crippen LogP contribution in [0.15, 0.2) is 210 Å². The van der Waals surface area contributed by atoms with E-state index in [0.29, 0.717) is 0 Å². The van der Waals surface area contributed by atoms with Crippen LogP contribution in [-0.2, 0) is 16.2 Å². The number of hydrogen-bond donors (Lipinski definition) is 0. The van der Waals surface area contributed by atoms with Gasteiger partial charge < -0.3 is 4.90 Å². The topological polar surface area (TPSA) is 6.25 Å². The predicted molar refractivity (Wildman–Crippen MR) is 284 cm³/mol. The molecule has 332 valence electrons. The Labute approximate surface area is 399 Å². The molecular weight excluding hydrogens is 820 g/mol. The molecule has 0 radical (unpaired) electrons. The lowest BCUT2D eigenvalue weighted by molar-refractivity contribution is -0.401. The van der Waals surface area contributed by atoms with E-state index in [0.717, 1.165) is 30.7 Å². The lowest BCUT2D eigenvalue weighted by Gasteiger charge is -2.36. The first-order valence-electron chi connectivity index (χ1n) is 24.0. The summed E-state index contributed by atoms with van der Waals surface area (Å²) < 4.78 is 2.36. The van der Waals surface area contributed by atoms with E-state index in [1.807, 2.05) is 0 Å². The van der Waals surface area contributed by atoms with Gasteiger partial charge >= 0.3 is 0 Å². The van der Waals surface area contributed by atoms with Crippen LogP contribution in [0.25, 0.3) is 21.5 Å². The van der Waals surface area contributed by atoms with Crippen molar-refractivity contribution in [2.45, 2.75) is 89.4 Å². The Morgan fingerprint density at radius 3 is 1.71 bits per heavy atom. The van der Waals surface area contributed by atoms with E-state index in [9.17, 15) is 0 Å². The second-order valence-corrected chi connectivity index (χ2v) is 19.9. The SMILES string of the molecule is CCCCC(c1ccccc1)(c1ccccc1)c1ccccc1.CN1/C(=C/C=C2\CCCC(/C=C/C3=[N+](C)c4ccc5ccccc5c4C3(C)C)=C2Cl)C(C)(C)c2c1ccc1ccccc21. The molecule has 2 heterocycles. The summed E-state index contributed by atoms with van der Waals surface area (Å²) in [5, 5.41) is 6.17. The van der Waals surface area contributed by atoms with Crippen LogP contribution in [-0.4, -0.2) is 24.4 Å². The van der Waals surface area contributed by atoms with Crippen molar-refractivity contribution in [2.24, 2.45) is 0 Å². The monoisotopic (exact) mass is 883 g/mol. The average Bonchev–Trinajstić information content (AvgIpc) is 3.68. The number of anilines is 1. The normalized spacial score (nSPS) is 17.8. The van der Waals surface area contributed by atoms with Crippen LogP contribution in [0.5, 0.6) is 0 Å². The fraction of sp³-hybridized carbons (Fsp3) is 0.254. The highest BCUT2D eigenvalue weighted by Crippen LogP contribution is 2.51. The molecule has 7 aromatic carbocycles. The number of likely N-dealkylation sites (N-methyl/N-ethyl adjacent to an activating group) is 1. The minimum atomic E-state index is -0.107. The molecule has 3 aliphatic rings. The van der Waals surface area contributed by atoms with Gasteiger partial charge in [0.15, 0.2) is 5.71 Å². The molecule has 0 amide bonds. The number of benzene rings is 7. The smallest absolute Gasteiger partial charge is 0.210 e. The minimum Gasteiger partial charge on any atom is -0.347 e. The van der Waals surface area contributed by atoms with Gasteiger partial charge in [0.2, 0.25) is 5.69 Å². The Kier molecular flexibility index (Phi) is 12.7. The van der Waals surface area contributed by atoms with Gasteiger partial charge in [-0.2, -0.15) is 4.58 Å². The summed E-state index contributed by atoms with van der Waals surface area (Å²) in [5.74, 6) is 0. The Morgan fingerprint density at radius 2 is 1.14 bits per heavy atom. The van der Waals surface area contributed by atoms with Crippen LogP contribution in [0.3, 0.4) is 0 Å². The summed E-state index contributed by atoms with van der Waals surface area (Å²) in [7, 11) is 4.38. The van der Waals surface area contributed by atoms with E-state index in [1.165, 1.54) is 96.1 Å². The van der Waals surface area contributed by atoms with Crippen LogP contribution in [0.2, 0.25) is 0 Å². The highest BCUT2D eigenvalue weighted by molar-refractivity contribution is 6.32. The molecule has 2 nitrogen and oxygen atoms in total. The maximum Gasteiger partial charge on any atom is 0.210 e. The van der Waals surface area contributed by atoms with Crippen molar-refractivity contribution in [1.82, 2.24) is 0 Å². The summed E-state index contributed by atoms with van der Waals surface area (Å²) in [4.78, 5) is 2.36. The van der Waals surface area contributed by atoms with Crippen LogP contribution in [0.4, 0.5) is 11.4 Å². The van der Waals surface area contributed by atoms with E-state index in [4.69, 9.17) is 11.6 Å². The number of nitrogens with zero attached hydrogens (tertiary/aromatic N) is 2. The van der Waals surface area contributed by atoms with Gasteiger partial charge in [0.25, 0.3) is 0 Å². The molecule has 0 spiro atoms. The second kappa shape index (κ2) is 18.6. The summed E-state index contributed by atoms with van der Waals surface area (Å²) >= 11 is 7.16. The molecule has 0 N–H and O–H groups in total. The lowest BCUT2D eigenvalue weighted by Crippen LogP contribution is -2.29. The van der Waals surface area contributed by atoms with Crippen molar-refractivity contribution in [3.8, 4) is 0 Å². The Balaban J connectivity index is 0.000000201. The Bertz CT molecular complexity index is 2960. The van der Waals surface area contributed by atoms with Gasteiger partial charge in [-0.1, -0.05) is 203 Å². The standard InChI is InChI=1S/C40H40ClN2.C23H24/c1-39(2)34(42(5)32-22-18-26-12-7-9-16-30(26)36(32)39)24-20-28-14-11-15-29(38(28)41)21-25-35-40(3,4)37-31-17-10-8-13-27(31)19-23-33(37)43(35)6;1-2-3-19-23(20-13-7-4-8-14-20,21-15-9-5-10-16-21)22-17-11-6-12-18-22/h7-10,12-13,16-25H,11,14-15H2,1-6H3;4-18H,2-3,19H2,1H3/q+1;. The van der Waals surface area contributed by atoms with Gasteiger partial charge in [-0.3, -0.25) is 0 Å². The molecule has 0 unspecified atom stereocenters. The molecule has 2 aliphatic heterocycles. The van der Waals surface area contributed by atoms with Gasteiger partial charge in [-0.25, -0.2) is 0 Å². The van der Waals surface area contributed by atoms with Crippen LogP contribution >= 0.6 is 11.6 Å². The summed E-state index contributed by atoms with van der Waals surface area (Å²) in [6, 6.07) is 59.4. The number of allylic oxidation sites excluding steroid dienone is 8. The van der Waals surface area contributed by atoms with E-state index < -0.39 is 0 Å². The van der Waals surface area contributed by atoms with E-state index in [-0.39, 0.29) is 16.2 Å². The molecule has 0 saturated heterocycles. The van der Waals surface area contributed by atoms with Gasteiger partial charge in [0.05, 0.1) is 5.41 Å². The van der Waals surface area contributed by atoms with Crippen molar-refractivity contribution in [2.75, 3.05) is 19.0 Å². The number of fused-ring (bicyclic) bond motifs is 6. The van der Waals surface area contributed by atoms with E-state index in [2.05, 4.69) is 246 Å². The summed E-state index contributed by atoms with van der Waals surface area (Å²) in [5.41, 5.74) is 14.3. The highest BCUT2D eigenvalue weighted by Gasteiger charge is 2.44. The number of unbranched alkanes of at least 4 members (excludes halogenated alkanes) is 1. The third kappa shape index (κ3) is 7.98. The predicted octanol–water partition coefficient (Wildman–Crippen LogP) is 16.7. The van der Waals surface area contributed by atoms with Gasteiger partial charge in [-0.15, -0.1) is 0 Å². The zero-order valence-electron chi connectivity index (χ0n) is 39.9. The molecule has 10 rings (SSSR count). The van der Waals surface area contributed by atoms with Crippen molar-refractivity contribution in [1.29, 1.82) is 0 Å². The van der Waals surface area contributed by atoms with Gasteiger partial charge in [0, 0.05) is 52.0 Å². The van der Waals surface area contributed by atoms with Crippen molar-refractivity contribution in [3.63, 3.8) is 0 Å². The zero-order chi connectivity index (χ0) is 46.1. The van der Waals surface area contributed by atoms with Crippen molar-refractivity contribution in [3.05, 3.63) is 238 Å². The lowest BCUT2D eigenvalue weighted by atomic mass is 9.66. The number of halogens is 1. The quantitative estimate of drug-likeness (QED) is 0.103.